The SMILES string of the molecule is N=C(N)CC1CCOc2ccccc21. The lowest BCUT2D eigenvalue weighted by molar-refractivity contribution is 0.269. The van der Waals surface area contributed by atoms with Crippen molar-refractivity contribution in [1.82, 2.24) is 0 Å². The minimum Gasteiger partial charge on any atom is -0.493 e. The summed E-state index contributed by atoms with van der Waals surface area (Å²) in [6, 6.07) is 8.00. The summed E-state index contributed by atoms with van der Waals surface area (Å²) in [6.45, 7) is 0.731. The molecular formula is C11H14N2O. The molecule has 1 aliphatic rings. The van der Waals surface area contributed by atoms with Crippen LogP contribution < -0.4 is 10.5 Å². The Balaban J connectivity index is 2.26. The normalized spacial score (nSPS) is 19.6. The first-order valence-corrected chi connectivity index (χ1v) is 4.82. The number of nitrogens with two attached hydrogens (primary N) is 1. The van der Waals surface area contributed by atoms with Gasteiger partial charge in [-0.3, -0.25) is 5.41 Å². The number of nitrogens with one attached hydrogen (secondary N) is 1. The van der Waals surface area contributed by atoms with Crippen molar-refractivity contribution in [3.63, 3.8) is 0 Å². The van der Waals surface area contributed by atoms with Gasteiger partial charge in [0.25, 0.3) is 0 Å². The van der Waals surface area contributed by atoms with E-state index in [4.69, 9.17) is 15.9 Å². The summed E-state index contributed by atoms with van der Waals surface area (Å²) in [5, 5.41) is 7.31. The van der Waals surface area contributed by atoms with E-state index >= 15 is 0 Å². The molecule has 14 heavy (non-hydrogen) atoms. The van der Waals surface area contributed by atoms with Gasteiger partial charge >= 0.3 is 0 Å². The van der Waals surface area contributed by atoms with Crippen molar-refractivity contribution >= 4 is 5.84 Å². The van der Waals surface area contributed by atoms with Gasteiger partial charge in [0, 0.05) is 6.42 Å². The first-order valence-electron chi connectivity index (χ1n) is 4.82. The summed E-state index contributed by atoms with van der Waals surface area (Å²) in [4.78, 5) is 0. The average molecular weight is 190 g/mol. The molecule has 0 radical (unpaired) electrons. The molecule has 1 aromatic carbocycles. The highest BCUT2D eigenvalue weighted by Crippen LogP contribution is 2.35. The summed E-state index contributed by atoms with van der Waals surface area (Å²) in [6.07, 6.45) is 1.59. The van der Waals surface area contributed by atoms with Crippen molar-refractivity contribution in [3.05, 3.63) is 29.8 Å². The van der Waals surface area contributed by atoms with Gasteiger partial charge in [0.2, 0.25) is 0 Å². The molecule has 0 aliphatic carbocycles. The molecule has 0 amide bonds. The standard InChI is InChI=1S/C11H14N2O/c12-11(13)7-8-5-6-14-10-4-2-1-3-9(8)10/h1-4,8H,5-7H2,(H3,12,13). The largest absolute Gasteiger partial charge is 0.493 e. The van der Waals surface area contributed by atoms with Gasteiger partial charge in [-0.1, -0.05) is 18.2 Å². The second-order valence-corrected chi connectivity index (χ2v) is 3.60. The van der Waals surface area contributed by atoms with Crippen LogP contribution in [-0.2, 0) is 0 Å². The zero-order valence-corrected chi connectivity index (χ0v) is 7.99. The second kappa shape index (κ2) is 3.70. The molecule has 3 N–H and O–H groups in total. The molecular weight excluding hydrogens is 176 g/mol. The highest BCUT2D eigenvalue weighted by Gasteiger charge is 2.21. The summed E-state index contributed by atoms with van der Waals surface area (Å²) in [5.41, 5.74) is 6.61. The second-order valence-electron chi connectivity index (χ2n) is 3.60. The number of hydrogen-bond acceptors (Lipinski definition) is 2. The van der Waals surface area contributed by atoms with Crippen LogP contribution in [0.15, 0.2) is 24.3 Å². The van der Waals surface area contributed by atoms with Crippen LogP contribution in [0.4, 0.5) is 0 Å². The van der Waals surface area contributed by atoms with Crippen LogP contribution in [-0.4, -0.2) is 12.4 Å². The zero-order chi connectivity index (χ0) is 9.97. The lowest BCUT2D eigenvalue weighted by Crippen LogP contribution is -2.20. The number of rotatable bonds is 2. The van der Waals surface area contributed by atoms with Gasteiger partial charge in [-0.2, -0.15) is 0 Å². The number of para-hydroxylation sites is 1. The van der Waals surface area contributed by atoms with E-state index in [2.05, 4.69) is 6.07 Å². The van der Waals surface area contributed by atoms with Crippen LogP contribution in [0.1, 0.15) is 24.3 Å². The van der Waals surface area contributed by atoms with E-state index in [0.29, 0.717) is 12.3 Å². The lowest BCUT2D eigenvalue weighted by atomic mass is 9.90. The Morgan fingerprint density at radius 3 is 3.07 bits per heavy atom. The lowest BCUT2D eigenvalue weighted by Gasteiger charge is -2.25. The van der Waals surface area contributed by atoms with Gasteiger partial charge in [0.1, 0.15) is 5.75 Å². The van der Waals surface area contributed by atoms with Crippen molar-refractivity contribution in [2.45, 2.75) is 18.8 Å². The van der Waals surface area contributed by atoms with Gasteiger partial charge in [0.05, 0.1) is 12.4 Å². The van der Waals surface area contributed by atoms with Crippen molar-refractivity contribution in [2.75, 3.05) is 6.61 Å². The zero-order valence-electron chi connectivity index (χ0n) is 7.99. The van der Waals surface area contributed by atoms with Crippen LogP contribution >= 0.6 is 0 Å². The smallest absolute Gasteiger partial charge is 0.122 e. The minimum atomic E-state index is 0.256. The summed E-state index contributed by atoms with van der Waals surface area (Å²) >= 11 is 0. The quantitative estimate of drug-likeness (QED) is 0.552. The fourth-order valence-corrected chi connectivity index (χ4v) is 1.89. The molecule has 3 nitrogen and oxygen atoms in total. The van der Waals surface area contributed by atoms with Crippen molar-refractivity contribution < 1.29 is 4.74 Å². The van der Waals surface area contributed by atoms with Crippen LogP contribution in [0.5, 0.6) is 5.75 Å². The maximum absolute atomic E-state index is 7.31. The molecule has 2 rings (SSSR count). The topological polar surface area (TPSA) is 59.1 Å². The van der Waals surface area contributed by atoms with E-state index in [1.807, 2.05) is 18.2 Å². The number of fused-ring (bicyclic) bond motifs is 1. The number of ether oxygens (including phenoxy) is 1. The summed E-state index contributed by atoms with van der Waals surface area (Å²) < 4.78 is 5.52. The highest BCUT2D eigenvalue weighted by molar-refractivity contribution is 5.78. The van der Waals surface area contributed by atoms with Gasteiger partial charge in [-0.25, -0.2) is 0 Å². The molecule has 0 bridgehead atoms. The molecule has 1 heterocycles. The summed E-state index contributed by atoms with van der Waals surface area (Å²) in [5.74, 6) is 1.56. The molecule has 1 atom stereocenters. The monoisotopic (exact) mass is 190 g/mol. The molecule has 1 unspecified atom stereocenters. The van der Waals surface area contributed by atoms with E-state index in [9.17, 15) is 0 Å². The molecule has 3 heteroatoms. The van der Waals surface area contributed by atoms with E-state index < -0.39 is 0 Å². The molecule has 0 aromatic heterocycles. The van der Waals surface area contributed by atoms with Crippen LogP contribution in [0.2, 0.25) is 0 Å². The molecule has 0 spiro atoms. The van der Waals surface area contributed by atoms with Gasteiger partial charge in [-0.05, 0) is 24.0 Å². The molecule has 0 saturated carbocycles. The Labute approximate surface area is 83.4 Å². The molecule has 0 fully saturated rings. The van der Waals surface area contributed by atoms with E-state index in [-0.39, 0.29) is 5.84 Å². The average Bonchev–Trinajstić information content (AvgIpc) is 2.18. The first-order chi connectivity index (χ1) is 6.77. The van der Waals surface area contributed by atoms with Gasteiger partial charge in [-0.15, -0.1) is 0 Å². The maximum atomic E-state index is 7.31. The maximum Gasteiger partial charge on any atom is 0.122 e. The fourth-order valence-electron chi connectivity index (χ4n) is 1.89. The fraction of sp³-hybridized carbons (Fsp3) is 0.364. The Morgan fingerprint density at radius 2 is 2.29 bits per heavy atom. The predicted molar refractivity (Wildman–Crippen MR) is 55.8 cm³/mol. The van der Waals surface area contributed by atoms with Crippen LogP contribution in [0, 0.1) is 5.41 Å². The first kappa shape index (κ1) is 9.06. The van der Waals surface area contributed by atoms with E-state index in [0.717, 1.165) is 18.8 Å². The number of hydrogen-bond donors (Lipinski definition) is 2. The van der Waals surface area contributed by atoms with E-state index in [1.54, 1.807) is 0 Å². The molecule has 1 aliphatic heterocycles. The number of amidine groups is 1. The Kier molecular flexibility index (Phi) is 2.39. The van der Waals surface area contributed by atoms with Crippen molar-refractivity contribution in [3.8, 4) is 5.75 Å². The van der Waals surface area contributed by atoms with Crippen LogP contribution in [0.25, 0.3) is 0 Å². The Bertz CT molecular complexity index is 349. The molecule has 74 valence electrons. The Morgan fingerprint density at radius 1 is 1.50 bits per heavy atom. The van der Waals surface area contributed by atoms with Gasteiger partial charge in [0.15, 0.2) is 0 Å². The van der Waals surface area contributed by atoms with Crippen molar-refractivity contribution in [1.29, 1.82) is 5.41 Å². The van der Waals surface area contributed by atoms with Gasteiger partial charge < -0.3 is 10.5 Å². The number of benzene rings is 1. The third kappa shape index (κ3) is 1.71. The summed E-state index contributed by atoms with van der Waals surface area (Å²) in [7, 11) is 0. The molecule has 1 aromatic rings. The predicted octanol–water partition coefficient (Wildman–Crippen LogP) is 1.88. The van der Waals surface area contributed by atoms with E-state index in [1.165, 1.54) is 5.56 Å². The third-order valence-electron chi connectivity index (χ3n) is 2.55. The molecule has 0 saturated heterocycles. The third-order valence-corrected chi connectivity index (χ3v) is 2.55. The Hall–Kier alpha value is -1.51. The highest BCUT2D eigenvalue weighted by atomic mass is 16.5. The minimum absolute atomic E-state index is 0.256. The van der Waals surface area contributed by atoms with Crippen molar-refractivity contribution in [2.24, 2.45) is 5.73 Å². The van der Waals surface area contributed by atoms with Crippen LogP contribution in [0.3, 0.4) is 0 Å².